The maximum Gasteiger partial charge on any atom is 0.173 e. The molecule has 0 amide bonds. The SMILES string of the molecule is CCCn1ccnc1CC(=O)c1ccc(C)cc1F. The Balaban J connectivity index is 2.18. The van der Waals surface area contributed by atoms with Crippen LogP contribution in [0.3, 0.4) is 0 Å². The predicted octanol–water partition coefficient (Wildman–Crippen LogP) is 3.17. The second-order valence-electron chi connectivity index (χ2n) is 4.62. The van der Waals surface area contributed by atoms with E-state index >= 15 is 0 Å². The summed E-state index contributed by atoms with van der Waals surface area (Å²) in [6.07, 6.45) is 4.62. The van der Waals surface area contributed by atoms with Gasteiger partial charge in [0.1, 0.15) is 11.6 Å². The molecule has 1 heterocycles. The molecule has 1 aromatic heterocycles. The fraction of sp³-hybridized carbons (Fsp3) is 0.333. The molecule has 0 saturated heterocycles. The monoisotopic (exact) mass is 260 g/mol. The first-order valence-corrected chi connectivity index (χ1v) is 6.41. The highest BCUT2D eigenvalue weighted by Crippen LogP contribution is 2.13. The van der Waals surface area contributed by atoms with Crippen molar-refractivity contribution in [1.29, 1.82) is 0 Å². The number of hydrogen-bond acceptors (Lipinski definition) is 2. The van der Waals surface area contributed by atoms with E-state index in [4.69, 9.17) is 0 Å². The number of rotatable bonds is 5. The zero-order valence-electron chi connectivity index (χ0n) is 11.2. The molecule has 0 atom stereocenters. The van der Waals surface area contributed by atoms with Gasteiger partial charge in [-0.2, -0.15) is 0 Å². The molecular formula is C15H17FN2O. The summed E-state index contributed by atoms with van der Waals surface area (Å²) in [6, 6.07) is 4.67. The van der Waals surface area contributed by atoms with Crippen molar-refractivity contribution in [1.82, 2.24) is 9.55 Å². The predicted molar refractivity (Wildman–Crippen MR) is 71.7 cm³/mol. The van der Waals surface area contributed by atoms with Gasteiger partial charge >= 0.3 is 0 Å². The summed E-state index contributed by atoms with van der Waals surface area (Å²) in [5.74, 6) is -0.00789. The van der Waals surface area contributed by atoms with Crippen molar-refractivity contribution in [2.75, 3.05) is 0 Å². The van der Waals surface area contributed by atoms with E-state index in [0.717, 1.165) is 18.5 Å². The number of carbonyl (C=O) groups is 1. The lowest BCUT2D eigenvalue weighted by Crippen LogP contribution is -2.11. The Hall–Kier alpha value is -1.97. The lowest BCUT2D eigenvalue weighted by atomic mass is 10.1. The quantitative estimate of drug-likeness (QED) is 0.774. The van der Waals surface area contributed by atoms with Crippen LogP contribution in [0.2, 0.25) is 0 Å². The van der Waals surface area contributed by atoms with Gasteiger partial charge in [-0.05, 0) is 31.0 Å². The van der Waals surface area contributed by atoms with Crippen LogP contribution in [0.4, 0.5) is 4.39 Å². The van der Waals surface area contributed by atoms with E-state index in [0.29, 0.717) is 5.82 Å². The summed E-state index contributed by atoms with van der Waals surface area (Å²) in [5, 5.41) is 0. The lowest BCUT2D eigenvalue weighted by molar-refractivity contribution is 0.0986. The molecule has 0 saturated carbocycles. The van der Waals surface area contributed by atoms with Gasteiger partial charge in [-0.3, -0.25) is 4.79 Å². The average molecular weight is 260 g/mol. The molecule has 4 heteroatoms. The molecule has 0 N–H and O–H groups in total. The van der Waals surface area contributed by atoms with Crippen molar-refractivity contribution in [3.05, 3.63) is 53.4 Å². The summed E-state index contributed by atoms with van der Waals surface area (Å²) in [4.78, 5) is 16.3. The Morgan fingerprint density at radius 2 is 2.21 bits per heavy atom. The number of hydrogen-bond donors (Lipinski definition) is 0. The van der Waals surface area contributed by atoms with Crippen LogP contribution in [0.1, 0.15) is 35.1 Å². The summed E-state index contributed by atoms with van der Waals surface area (Å²) < 4.78 is 15.7. The maximum atomic E-state index is 13.7. The minimum atomic E-state index is -0.460. The third kappa shape index (κ3) is 3.08. The smallest absolute Gasteiger partial charge is 0.173 e. The fourth-order valence-electron chi connectivity index (χ4n) is 2.04. The first-order chi connectivity index (χ1) is 9.11. The van der Waals surface area contributed by atoms with Crippen molar-refractivity contribution in [2.45, 2.75) is 33.2 Å². The van der Waals surface area contributed by atoms with Crippen molar-refractivity contribution in [3.63, 3.8) is 0 Å². The first kappa shape index (κ1) is 13.5. The summed E-state index contributed by atoms with van der Waals surface area (Å²) in [7, 11) is 0. The first-order valence-electron chi connectivity index (χ1n) is 6.41. The molecular weight excluding hydrogens is 243 g/mol. The third-order valence-electron chi connectivity index (χ3n) is 3.01. The van der Waals surface area contributed by atoms with Crippen LogP contribution in [0, 0.1) is 12.7 Å². The summed E-state index contributed by atoms with van der Waals surface area (Å²) in [6.45, 7) is 4.68. The van der Waals surface area contributed by atoms with E-state index in [-0.39, 0.29) is 17.8 Å². The molecule has 2 rings (SSSR count). The summed E-state index contributed by atoms with van der Waals surface area (Å²) in [5.41, 5.74) is 0.943. The van der Waals surface area contributed by atoms with Gasteiger partial charge in [-0.1, -0.05) is 13.0 Å². The highest BCUT2D eigenvalue weighted by atomic mass is 19.1. The number of aromatic nitrogens is 2. The molecule has 100 valence electrons. The Morgan fingerprint density at radius 1 is 1.42 bits per heavy atom. The highest BCUT2D eigenvalue weighted by molar-refractivity contribution is 5.97. The lowest BCUT2D eigenvalue weighted by Gasteiger charge is -2.06. The molecule has 0 fully saturated rings. The number of nitrogens with zero attached hydrogens (tertiary/aromatic N) is 2. The Bertz CT molecular complexity index is 590. The van der Waals surface area contributed by atoms with E-state index in [1.54, 1.807) is 25.3 Å². The van der Waals surface area contributed by atoms with Gasteiger partial charge in [-0.25, -0.2) is 9.37 Å². The number of Topliss-reactive ketones (excluding diaryl/α,β-unsaturated/α-hetero) is 1. The van der Waals surface area contributed by atoms with Crippen LogP contribution in [-0.4, -0.2) is 15.3 Å². The molecule has 0 unspecified atom stereocenters. The normalized spacial score (nSPS) is 10.7. The molecule has 0 aliphatic carbocycles. The number of halogens is 1. The highest BCUT2D eigenvalue weighted by Gasteiger charge is 2.15. The molecule has 0 aliphatic heterocycles. The van der Waals surface area contributed by atoms with Gasteiger partial charge in [0.15, 0.2) is 5.78 Å². The van der Waals surface area contributed by atoms with Gasteiger partial charge in [0, 0.05) is 18.9 Å². The molecule has 1 aromatic carbocycles. The number of ketones is 1. The fourth-order valence-corrected chi connectivity index (χ4v) is 2.04. The molecule has 0 radical (unpaired) electrons. The van der Waals surface area contributed by atoms with Gasteiger partial charge in [0.2, 0.25) is 0 Å². The van der Waals surface area contributed by atoms with Crippen molar-refractivity contribution in [2.24, 2.45) is 0 Å². The van der Waals surface area contributed by atoms with Gasteiger partial charge in [-0.15, -0.1) is 0 Å². The van der Waals surface area contributed by atoms with Crippen molar-refractivity contribution < 1.29 is 9.18 Å². The zero-order chi connectivity index (χ0) is 13.8. The van der Waals surface area contributed by atoms with Crippen molar-refractivity contribution >= 4 is 5.78 Å². The van der Waals surface area contributed by atoms with Gasteiger partial charge in [0.25, 0.3) is 0 Å². The van der Waals surface area contributed by atoms with Crippen LogP contribution in [0.5, 0.6) is 0 Å². The maximum absolute atomic E-state index is 13.7. The minimum absolute atomic E-state index is 0.132. The summed E-state index contributed by atoms with van der Waals surface area (Å²) >= 11 is 0. The second-order valence-corrected chi connectivity index (χ2v) is 4.62. The van der Waals surface area contributed by atoms with E-state index in [1.165, 1.54) is 6.07 Å². The Labute approximate surface area is 112 Å². The zero-order valence-corrected chi connectivity index (χ0v) is 11.2. The molecule has 0 spiro atoms. The minimum Gasteiger partial charge on any atom is -0.335 e. The van der Waals surface area contributed by atoms with Crippen LogP contribution in [-0.2, 0) is 13.0 Å². The Morgan fingerprint density at radius 3 is 2.89 bits per heavy atom. The number of imidazole rings is 1. The second kappa shape index (κ2) is 5.78. The number of benzene rings is 1. The number of aryl methyl sites for hydroxylation is 2. The van der Waals surface area contributed by atoms with Crippen LogP contribution in [0.15, 0.2) is 30.6 Å². The third-order valence-corrected chi connectivity index (χ3v) is 3.01. The van der Waals surface area contributed by atoms with E-state index in [2.05, 4.69) is 11.9 Å². The molecule has 0 aliphatic rings. The van der Waals surface area contributed by atoms with Gasteiger partial charge < -0.3 is 4.57 Å². The van der Waals surface area contributed by atoms with Crippen molar-refractivity contribution in [3.8, 4) is 0 Å². The molecule has 19 heavy (non-hydrogen) atoms. The molecule has 2 aromatic rings. The van der Waals surface area contributed by atoms with Crippen LogP contribution < -0.4 is 0 Å². The molecule has 3 nitrogen and oxygen atoms in total. The van der Waals surface area contributed by atoms with E-state index in [1.807, 2.05) is 10.8 Å². The van der Waals surface area contributed by atoms with Crippen LogP contribution >= 0.6 is 0 Å². The average Bonchev–Trinajstić information content (AvgIpc) is 2.77. The van der Waals surface area contributed by atoms with E-state index < -0.39 is 5.82 Å². The number of carbonyl (C=O) groups excluding carboxylic acids is 1. The standard InChI is InChI=1S/C15H17FN2O/c1-3-7-18-8-6-17-15(18)10-14(19)12-5-4-11(2)9-13(12)16/h4-6,8-9H,3,7,10H2,1-2H3. The topological polar surface area (TPSA) is 34.9 Å². The van der Waals surface area contributed by atoms with Crippen LogP contribution in [0.25, 0.3) is 0 Å². The van der Waals surface area contributed by atoms with Gasteiger partial charge in [0.05, 0.1) is 12.0 Å². The largest absolute Gasteiger partial charge is 0.335 e. The van der Waals surface area contributed by atoms with E-state index in [9.17, 15) is 9.18 Å². The molecule has 0 bridgehead atoms. The Kier molecular flexibility index (Phi) is 4.10.